The number of carbonyl (C=O) groups excluding carboxylic acids is 1. The Morgan fingerprint density at radius 3 is 2.60 bits per heavy atom. The first-order valence-corrected chi connectivity index (χ1v) is 10.9. The van der Waals surface area contributed by atoms with Gasteiger partial charge in [-0.1, -0.05) is 0 Å². The molecule has 1 aliphatic rings. The van der Waals surface area contributed by atoms with Crippen molar-refractivity contribution < 1.29 is 13.6 Å². The molecule has 0 aliphatic carbocycles. The van der Waals surface area contributed by atoms with Crippen LogP contribution in [0, 0.1) is 18.6 Å². The minimum atomic E-state index is -0.548. The topological polar surface area (TPSA) is 71.2 Å². The number of nitrogens with one attached hydrogen (secondary N) is 1. The van der Waals surface area contributed by atoms with Gasteiger partial charge in [0.25, 0.3) is 5.91 Å². The molecule has 1 saturated heterocycles. The number of piperidine rings is 1. The lowest BCUT2D eigenvalue weighted by Gasteiger charge is -2.29. The van der Waals surface area contributed by atoms with Crippen LogP contribution in [0.4, 0.5) is 20.2 Å². The molecule has 0 atom stereocenters. The largest absolute Gasteiger partial charge is 0.397 e. The molecule has 0 saturated carbocycles. The molecule has 0 spiro atoms. The minimum Gasteiger partial charge on any atom is -0.397 e. The number of aromatic nitrogens is 1. The first-order chi connectivity index (χ1) is 14.4. The SMILES string of the molecule is Cc1ccc2c(N)c(C(=O)NCCc3cc(F)c(N4CCCCC4)c(F)c3)sc2n1. The van der Waals surface area contributed by atoms with E-state index in [0.717, 1.165) is 35.2 Å². The Labute approximate surface area is 177 Å². The van der Waals surface area contributed by atoms with Crippen molar-refractivity contribution in [2.45, 2.75) is 32.6 Å². The van der Waals surface area contributed by atoms with Crippen LogP contribution in [0.2, 0.25) is 0 Å². The number of nitrogens with zero attached hydrogens (tertiary/aromatic N) is 2. The van der Waals surface area contributed by atoms with Gasteiger partial charge in [0.1, 0.15) is 27.0 Å². The van der Waals surface area contributed by atoms with Crippen molar-refractivity contribution in [1.29, 1.82) is 0 Å². The Kier molecular flexibility index (Phi) is 5.85. The molecular weight excluding hydrogens is 406 g/mol. The summed E-state index contributed by atoms with van der Waals surface area (Å²) in [5.41, 5.74) is 7.93. The van der Waals surface area contributed by atoms with Crippen molar-refractivity contribution in [3.05, 3.63) is 52.0 Å². The molecule has 0 radical (unpaired) electrons. The van der Waals surface area contributed by atoms with E-state index in [0.29, 0.717) is 35.6 Å². The van der Waals surface area contributed by atoms with Gasteiger partial charge in [-0.15, -0.1) is 11.3 Å². The standard InChI is InChI=1S/C22H24F2N4OS/c1-13-5-6-15-18(25)20(30-22(15)27-13)21(29)26-8-7-14-11-16(23)19(17(24)12-14)28-9-3-2-4-10-28/h5-6,11-12H,2-4,7-10,25H2,1H3,(H,26,29). The number of benzene rings is 1. The maximum absolute atomic E-state index is 14.6. The van der Waals surface area contributed by atoms with Gasteiger partial charge in [0.05, 0.1) is 5.69 Å². The van der Waals surface area contributed by atoms with Crippen LogP contribution < -0.4 is 16.0 Å². The van der Waals surface area contributed by atoms with Crippen LogP contribution >= 0.6 is 11.3 Å². The van der Waals surface area contributed by atoms with Crippen LogP contribution in [0.3, 0.4) is 0 Å². The first-order valence-electron chi connectivity index (χ1n) is 10.1. The number of rotatable bonds is 5. The zero-order chi connectivity index (χ0) is 21.3. The number of hydrogen-bond acceptors (Lipinski definition) is 5. The quantitative estimate of drug-likeness (QED) is 0.628. The molecule has 3 heterocycles. The highest BCUT2D eigenvalue weighted by Crippen LogP contribution is 2.32. The Balaban J connectivity index is 1.42. The first kappa shape index (κ1) is 20.5. The molecule has 1 aromatic carbocycles. The van der Waals surface area contributed by atoms with Gasteiger partial charge in [0.15, 0.2) is 0 Å². The normalized spacial score (nSPS) is 14.3. The van der Waals surface area contributed by atoms with Gasteiger partial charge in [-0.25, -0.2) is 13.8 Å². The lowest BCUT2D eigenvalue weighted by molar-refractivity contribution is 0.0959. The molecule has 1 fully saturated rings. The smallest absolute Gasteiger partial charge is 0.263 e. The van der Waals surface area contributed by atoms with Crippen molar-refractivity contribution in [3.8, 4) is 0 Å². The average Bonchev–Trinajstić information content (AvgIpc) is 3.04. The molecule has 3 aromatic rings. The third-order valence-electron chi connectivity index (χ3n) is 5.39. The van der Waals surface area contributed by atoms with Gasteiger partial charge in [-0.3, -0.25) is 4.79 Å². The van der Waals surface area contributed by atoms with E-state index in [2.05, 4.69) is 10.3 Å². The number of thiophene rings is 1. The van der Waals surface area contributed by atoms with Crippen molar-refractivity contribution in [2.24, 2.45) is 0 Å². The van der Waals surface area contributed by atoms with Crippen molar-refractivity contribution in [3.63, 3.8) is 0 Å². The van der Waals surface area contributed by atoms with Crippen molar-refractivity contribution in [2.75, 3.05) is 30.3 Å². The number of anilines is 2. The summed E-state index contributed by atoms with van der Waals surface area (Å²) in [6.45, 7) is 3.48. The summed E-state index contributed by atoms with van der Waals surface area (Å²) >= 11 is 1.24. The molecule has 5 nitrogen and oxygen atoms in total. The monoisotopic (exact) mass is 430 g/mol. The van der Waals surface area contributed by atoms with E-state index in [4.69, 9.17) is 5.73 Å². The van der Waals surface area contributed by atoms with E-state index < -0.39 is 11.6 Å². The van der Waals surface area contributed by atoms with Gasteiger partial charge >= 0.3 is 0 Å². The Hall–Kier alpha value is -2.74. The average molecular weight is 431 g/mol. The number of amides is 1. The van der Waals surface area contributed by atoms with Crippen molar-refractivity contribution in [1.82, 2.24) is 10.3 Å². The van der Waals surface area contributed by atoms with Crippen LogP contribution in [-0.2, 0) is 6.42 Å². The van der Waals surface area contributed by atoms with E-state index in [1.165, 1.54) is 23.5 Å². The highest BCUT2D eigenvalue weighted by atomic mass is 32.1. The van der Waals surface area contributed by atoms with Crippen LogP contribution in [0.15, 0.2) is 24.3 Å². The number of aryl methyl sites for hydroxylation is 1. The Bertz CT molecular complexity index is 1070. The number of carbonyl (C=O) groups is 1. The van der Waals surface area contributed by atoms with Gasteiger partial charge in [-0.2, -0.15) is 0 Å². The highest BCUT2D eigenvalue weighted by molar-refractivity contribution is 7.21. The predicted octanol–water partition coefficient (Wildman–Crippen LogP) is 4.43. The van der Waals surface area contributed by atoms with Crippen LogP contribution in [-0.4, -0.2) is 30.5 Å². The number of halogens is 2. The zero-order valence-electron chi connectivity index (χ0n) is 16.8. The number of fused-ring (bicyclic) bond motifs is 1. The third-order valence-corrected chi connectivity index (χ3v) is 6.50. The van der Waals surface area contributed by atoms with E-state index in [1.807, 2.05) is 19.1 Å². The predicted molar refractivity (Wildman–Crippen MR) is 117 cm³/mol. The molecule has 158 valence electrons. The lowest BCUT2D eigenvalue weighted by atomic mass is 10.1. The fourth-order valence-electron chi connectivity index (χ4n) is 3.84. The summed E-state index contributed by atoms with van der Waals surface area (Å²) in [5.74, 6) is -1.40. The summed E-state index contributed by atoms with van der Waals surface area (Å²) in [6, 6.07) is 6.43. The maximum atomic E-state index is 14.6. The third kappa shape index (κ3) is 4.09. The second-order valence-electron chi connectivity index (χ2n) is 7.61. The molecule has 3 N–H and O–H groups in total. The fourth-order valence-corrected chi connectivity index (χ4v) is 4.90. The Morgan fingerprint density at radius 2 is 1.90 bits per heavy atom. The van der Waals surface area contributed by atoms with Gasteiger partial charge in [0, 0.05) is 30.7 Å². The summed E-state index contributed by atoms with van der Waals surface area (Å²) in [4.78, 5) is 19.8. The molecule has 30 heavy (non-hydrogen) atoms. The summed E-state index contributed by atoms with van der Waals surface area (Å²) in [6.07, 6.45) is 3.31. The maximum Gasteiger partial charge on any atom is 0.263 e. The summed E-state index contributed by atoms with van der Waals surface area (Å²) < 4.78 is 29.1. The molecule has 2 aromatic heterocycles. The lowest BCUT2D eigenvalue weighted by Crippen LogP contribution is -2.31. The highest BCUT2D eigenvalue weighted by Gasteiger charge is 2.20. The van der Waals surface area contributed by atoms with Crippen LogP contribution in [0.5, 0.6) is 0 Å². The molecule has 8 heteroatoms. The van der Waals surface area contributed by atoms with E-state index in [9.17, 15) is 13.6 Å². The molecule has 1 amide bonds. The number of hydrogen-bond donors (Lipinski definition) is 2. The molecular formula is C22H24F2N4OS. The second-order valence-corrected chi connectivity index (χ2v) is 8.61. The van der Waals surface area contributed by atoms with Gasteiger partial charge in [0.2, 0.25) is 0 Å². The summed E-state index contributed by atoms with van der Waals surface area (Å²) in [7, 11) is 0. The van der Waals surface area contributed by atoms with E-state index in [1.54, 1.807) is 4.90 Å². The molecule has 4 rings (SSSR count). The minimum absolute atomic E-state index is 0.0586. The van der Waals surface area contributed by atoms with Crippen LogP contribution in [0.1, 0.15) is 40.2 Å². The van der Waals surface area contributed by atoms with Crippen LogP contribution in [0.25, 0.3) is 10.2 Å². The molecule has 0 unspecified atom stereocenters. The fraction of sp³-hybridized carbons (Fsp3) is 0.364. The summed E-state index contributed by atoms with van der Waals surface area (Å²) in [5, 5.41) is 3.55. The second kappa shape index (κ2) is 8.55. The van der Waals surface area contributed by atoms with E-state index >= 15 is 0 Å². The van der Waals surface area contributed by atoms with Gasteiger partial charge < -0.3 is 16.0 Å². The molecule has 1 aliphatic heterocycles. The van der Waals surface area contributed by atoms with Crippen molar-refractivity contribution >= 4 is 38.8 Å². The zero-order valence-corrected chi connectivity index (χ0v) is 17.6. The number of pyridine rings is 1. The number of nitrogens with two attached hydrogens (primary N) is 1. The Morgan fingerprint density at radius 1 is 1.20 bits per heavy atom. The molecule has 0 bridgehead atoms. The van der Waals surface area contributed by atoms with Gasteiger partial charge in [-0.05, 0) is 62.4 Å². The van der Waals surface area contributed by atoms with E-state index in [-0.39, 0.29) is 18.1 Å². The number of nitrogen functional groups attached to an aromatic ring is 1.